The van der Waals surface area contributed by atoms with Crippen molar-refractivity contribution in [2.75, 3.05) is 6.26 Å². The van der Waals surface area contributed by atoms with Gasteiger partial charge >= 0.3 is 0 Å². The van der Waals surface area contributed by atoms with Crippen molar-refractivity contribution in [2.45, 2.75) is 24.8 Å². The molecule has 0 unspecified atom stereocenters. The molecule has 0 heterocycles. The number of hydrogen-bond acceptors (Lipinski definition) is 3. The van der Waals surface area contributed by atoms with Crippen molar-refractivity contribution < 1.29 is 17.6 Å². The first-order valence-corrected chi connectivity index (χ1v) is 9.44. The Kier molecular flexibility index (Phi) is 5.39. The smallest absolute Gasteiger partial charge is 0.253 e. The Bertz CT molecular complexity index is 830. The first-order valence-electron chi connectivity index (χ1n) is 7.55. The Morgan fingerprint density at radius 3 is 2.17 bits per heavy atom. The summed E-state index contributed by atoms with van der Waals surface area (Å²) in [6, 6.07) is 11.6. The molecule has 6 heteroatoms. The molecule has 0 saturated carbocycles. The van der Waals surface area contributed by atoms with Gasteiger partial charge in [-0.1, -0.05) is 38.1 Å². The zero-order valence-electron chi connectivity index (χ0n) is 13.8. The van der Waals surface area contributed by atoms with Gasteiger partial charge in [-0.25, -0.2) is 12.8 Å². The molecule has 1 N–H and O–H groups in total. The highest BCUT2D eigenvalue weighted by Gasteiger charge is 2.23. The van der Waals surface area contributed by atoms with E-state index in [9.17, 15) is 17.6 Å². The van der Waals surface area contributed by atoms with Crippen molar-refractivity contribution in [2.24, 2.45) is 5.92 Å². The molecule has 128 valence electrons. The molecule has 2 rings (SSSR count). The quantitative estimate of drug-likeness (QED) is 0.900. The van der Waals surface area contributed by atoms with Crippen LogP contribution in [-0.2, 0) is 9.84 Å². The van der Waals surface area contributed by atoms with Gasteiger partial charge in [0.05, 0.1) is 16.5 Å². The lowest BCUT2D eigenvalue weighted by atomic mass is 9.95. The van der Waals surface area contributed by atoms with E-state index in [-0.39, 0.29) is 28.2 Å². The van der Waals surface area contributed by atoms with Crippen LogP contribution in [0.25, 0.3) is 0 Å². The molecule has 0 radical (unpaired) electrons. The SMILES string of the molecule is CC(C)[C@@H](NC(=O)c1ccccc1S(C)(=O)=O)c1ccc(F)cc1. The van der Waals surface area contributed by atoms with E-state index in [0.29, 0.717) is 0 Å². The molecule has 1 amide bonds. The number of carbonyl (C=O) groups is 1. The average molecular weight is 349 g/mol. The summed E-state index contributed by atoms with van der Waals surface area (Å²) in [6.45, 7) is 3.85. The summed E-state index contributed by atoms with van der Waals surface area (Å²) >= 11 is 0. The first kappa shape index (κ1) is 18.1. The number of halogens is 1. The monoisotopic (exact) mass is 349 g/mol. The van der Waals surface area contributed by atoms with Gasteiger partial charge < -0.3 is 5.32 Å². The summed E-state index contributed by atoms with van der Waals surface area (Å²) < 4.78 is 36.8. The van der Waals surface area contributed by atoms with Gasteiger partial charge in [0.15, 0.2) is 9.84 Å². The summed E-state index contributed by atoms with van der Waals surface area (Å²) in [5.74, 6) is -0.779. The largest absolute Gasteiger partial charge is 0.345 e. The minimum atomic E-state index is -3.52. The molecule has 4 nitrogen and oxygen atoms in total. The summed E-state index contributed by atoms with van der Waals surface area (Å²) in [4.78, 5) is 12.6. The topological polar surface area (TPSA) is 63.2 Å². The molecular weight excluding hydrogens is 329 g/mol. The maximum atomic E-state index is 13.1. The van der Waals surface area contributed by atoms with Gasteiger partial charge in [0.25, 0.3) is 5.91 Å². The second-order valence-corrected chi connectivity index (χ2v) is 8.00. The Balaban J connectivity index is 2.35. The van der Waals surface area contributed by atoms with Crippen molar-refractivity contribution in [1.29, 1.82) is 0 Å². The van der Waals surface area contributed by atoms with Gasteiger partial charge in [-0.3, -0.25) is 4.79 Å². The Morgan fingerprint density at radius 2 is 1.62 bits per heavy atom. The number of nitrogens with one attached hydrogen (secondary N) is 1. The predicted octanol–water partition coefficient (Wildman–Crippen LogP) is 3.36. The highest BCUT2D eigenvalue weighted by Crippen LogP contribution is 2.23. The Hall–Kier alpha value is -2.21. The number of sulfone groups is 1. The normalized spacial score (nSPS) is 12.9. The maximum Gasteiger partial charge on any atom is 0.253 e. The molecule has 0 aliphatic heterocycles. The summed E-state index contributed by atoms with van der Waals surface area (Å²) in [5.41, 5.74) is 0.865. The van der Waals surface area contributed by atoms with Crippen molar-refractivity contribution in [1.82, 2.24) is 5.32 Å². The van der Waals surface area contributed by atoms with Crippen LogP contribution in [0.4, 0.5) is 4.39 Å². The van der Waals surface area contributed by atoms with Gasteiger partial charge in [0.1, 0.15) is 5.82 Å². The highest BCUT2D eigenvalue weighted by atomic mass is 32.2. The molecule has 0 aliphatic rings. The Morgan fingerprint density at radius 1 is 1.04 bits per heavy atom. The van der Waals surface area contributed by atoms with Crippen LogP contribution in [0.1, 0.15) is 35.8 Å². The van der Waals surface area contributed by atoms with Crippen LogP contribution in [0.2, 0.25) is 0 Å². The highest BCUT2D eigenvalue weighted by molar-refractivity contribution is 7.90. The summed E-state index contributed by atoms with van der Waals surface area (Å²) in [7, 11) is -3.52. The molecule has 1 atom stereocenters. The average Bonchev–Trinajstić information content (AvgIpc) is 2.52. The van der Waals surface area contributed by atoms with Crippen LogP contribution >= 0.6 is 0 Å². The minimum Gasteiger partial charge on any atom is -0.345 e. The fourth-order valence-corrected chi connectivity index (χ4v) is 3.39. The van der Waals surface area contributed by atoms with E-state index < -0.39 is 15.7 Å². The van der Waals surface area contributed by atoms with Crippen molar-refractivity contribution in [3.05, 3.63) is 65.5 Å². The molecule has 0 fully saturated rings. The van der Waals surface area contributed by atoms with E-state index in [0.717, 1.165) is 11.8 Å². The number of amides is 1. The minimum absolute atomic E-state index is 0.0101. The molecule has 0 spiro atoms. The fraction of sp³-hybridized carbons (Fsp3) is 0.278. The lowest BCUT2D eigenvalue weighted by Gasteiger charge is -2.23. The van der Waals surface area contributed by atoms with E-state index in [1.165, 1.54) is 24.3 Å². The number of hydrogen-bond donors (Lipinski definition) is 1. The number of benzene rings is 2. The zero-order valence-corrected chi connectivity index (χ0v) is 14.6. The summed E-state index contributed by atoms with van der Waals surface area (Å²) in [6.07, 6.45) is 1.07. The third-order valence-corrected chi connectivity index (χ3v) is 4.87. The van der Waals surface area contributed by atoms with Gasteiger partial charge in [-0.2, -0.15) is 0 Å². The van der Waals surface area contributed by atoms with Crippen LogP contribution in [-0.4, -0.2) is 20.6 Å². The fourth-order valence-electron chi connectivity index (χ4n) is 2.50. The van der Waals surface area contributed by atoms with Crippen molar-refractivity contribution in [3.8, 4) is 0 Å². The number of carbonyl (C=O) groups excluding carboxylic acids is 1. The van der Waals surface area contributed by atoms with Gasteiger partial charge in [-0.05, 0) is 35.7 Å². The summed E-state index contributed by atoms with van der Waals surface area (Å²) in [5, 5.41) is 2.86. The molecule has 24 heavy (non-hydrogen) atoms. The lowest BCUT2D eigenvalue weighted by molar-refractivity contribution is 0.0922. The second-order valence-electron chi connectivity index (χ2n) is 6.02. The van der Waals surface area contributed by atoms with Crippen LogP contribution < -0.4 is 5.32 Å². The van der Waals surface area contributed by atoms with Crippen LogP contribution in [0.15, 0.2) is 53.4 Å². The predicted molar refractivity (Wildman–Crippen MR) is 91.0 cm³/mol. The molecule has 0 saturated heterocycles. The van der Waals surface area contributed by atoms with E-state index in [4.69, 9.17) is 0 Å². The molecule has 2 aromatic rings. The Labute approximate surface area is 141 Å². The van der Waals surface area contributed by atoms with Crippen LogP contribution in [0.5, 0.6) is 0 Å². The van der Waals surface area contributed by atoms with Crippen molar-refractivity contribution in [3.63, 3.8) is 0 Å². The van der Waals surface area contributed by atoms with E-state index in [1.54, 1.807) is 24.3 Å². The first-order chi connectivity index (χ1) is 11.2. The molecular formula is C18H20FNO3S. The van der Waals surface area contributed by atoms with E-state index >= 15 is 0 Å². The maximum absolute atomic E-state index is 13.1. The second kappa shape index (κ2) is 7.13. The number of rotatable bonds is 5. The van der Waals surface area contributed by atoms with Gasteiger partial charge in [-0.15, -0.1) is 0 Å². The molecule has 2 aromatic carbocycles. The van der Waals surface area contributed by atoms with E-state index in [2.05, 4.69) is 5.32 Å². The van der Waals surface area contributed by atoms with Crippen LogP contribution in [0, 0.1) is 11.7 Å². The molecule has 0 aromatic heterocycles. The van der Waals surface area contributed by atoms with Crippen molar-refractivity contribution >= 4 is 15.7 Å². The van der Waals surface area contributed by atoms with Gasteiger partial charge in [0.2, 0.25) is 0 Å². The third-order valence-electron chi connectivity index (χ3n) is 3.71. The zero-order chi connectivity index (χ0) is 17.9. The lowest BCUT2D eigenvalue weighted by Crippen LogP contribution is -2.32. The standard InChI is InChI=1S/C18H20FNO3S/c1-12(2)17(13-8-10-14(19)11-9-13)20-18(21)15-6-4-5-7-16(15)24(3,22)23/h4-12,17H,1-3H3,(H,20,21)/t17-/m1/s1. The molecule has 0 bridgehead atoms. The van der Waals surface area contributed by atoms with E-state index in [1.807, 2.05) is 13.8 Å². The van der Waals surface area contributed by atoms with Crippen LogP contribution in [0.3, 0.4) is 0 Å². The third kappa shape index (κ3) is 4.20. The van der Waals surface area contributed by atoms with Gasteiger partial charge in [0, 0.05) is 6.26 Å². The molecule has 0 aliphatic carbocycles.